The topological polar surface area (TPSA) is 59.1 Å². The minimum atomic E-state index is -3.71. The van der Waals surface area contributed by atoms with Crippen molar-refractivity contribution in [2.75, 3.05) is 37.7 Å². The van der Waals surface area contributed by atoms with E-state index in [9.17, 15) is 8.42 Å². The minimum absolute atomic E-state index is 0.149. The highest BCUT2D eigenvalue weighted by Gasteiger charge is 2.40. The van der Waals surface area contributed by atoms with E-state index in [1.165, 1.54) is 0 Å². The zero-order chi connectivity index (χ0) is 21.3. The molecule has 2 aliphatic rings. The largest absolute Gasteiger partial charge is 0.497 e. The van der Waals surface area contributed by atoms with Gasteiger partial charge in [0.05, 0.1) is 24.3 Å². The summed E-state index contributed by atoms with van der Waals surface area (Å²) in [6.07, 6.45) is 1.63. The van der Waals surface area contributed by atoms with E-state index in [0.717, 1.165) is 30.6 Å². The first kappa shape index (κ1) is 21.2. The molecule has 0 N–H and O–H groups in total. The standard InChI is InChI=1S/C23H30N2O4S/c1-4-12-24-14-15-29-23-20-10-7-18(28-3)16-22(20)25(13-11-21(23)24)30(26,27)19-8-5-17(2)6-9-19/h5-10,16,21,23H,4,11-15H2,1-3H3/t21-,23-/m0/s1. The smallest absolute Gasteiger partial charge is 0.264 e. The first-order chi connectivity index (χ1) is 14.5. The van der Waals surface area contributed by atoms with Gasteiger partial charge in [-0.2, -0.15) is 0 Å². The van der Waals surface area contributed by atoms with Gasteiger partial charge in [0, 0.05) is 30.8 Å². The van der Waals surface area contributed by atoms with Crippen LogP contribution >= 0.6 is 0 Å². The summed E-state index contributed by atoms with van der Waals surface area (Å²) in [5.41, 5.74) is 2.59. The number of hydrogen-bond donors (Lipinski definition) is 0. The molecule has 1 fully saturated rings. The van der Waals surface area contributed by atoms with Gasteiger partial charge in [-0.15, -0.1) is 0 Å². The lowest BCUT2D eigenvalue weighted by Crippen LogP contribution is -2.47. The Morgan fingerprint density at radius 2 is 1.90 bits per heavy atom. The van der Waals surface area contributed by atoms with E-state index in [0.29, 0.717) is 35.9 Å². The molecule has 0 aliphatic carbocycles. The van der Waals surface area contributed by atoms with Crippen molar-refractivity contribution < 1.29 is 17.9 Å². The predicted molar refractivity (Wildman–Crippen MR) is 118 cm³/mol. The van der Waals surface area contributed by atoms with Crippen LogP contribution in [0.5, 0.6) is 5.75 Å². The van der Waals surface area contributed by atoms with Crippen LogP contribution in [0.2, 0.25) is 0 Å². The lowest BCUT2D eigenvalue weighted by atomic mass is 9.96. The molecule has 30 heavy (non-hydrogen) atoms. The van der Waals surface area contributed by atoms with Gasteiger partial charge in [0.15, 0.2) is 0 Å². The van der Waals surface area contributed by atoms with Crippen molar-refractivity contribution in [1.29, 1.82) is 0 Å². The summed E-state index contributed by atoms with van der Waals surface area (Å²) in [6.45, 7) is 7.05. The van der Waals surface area contributed by atoms with Crippen molar-refractivity contribution in [3.8, 4) is 5.75 Å². The molecule has 2 aromatic rings. The zero-order valence-electron chi connectivity index (χ0n) is 17.9. The highest BCUT2D eigenvalue weighted by Crippen LogP contribution is 2.42. The summed E-state index contributed by atoms with van der Waals surface area (Å²) in [5.74, 6) is 0.637. The van der Waals surface area contributed by atoms with Crippen molar-refractivity contribution >= 4 is 15.7 Å². The van der Waals surface area contributed by atoms with Gasteiger partial charge in [0.25, 0.3) is 10.0 Å². The lowest BCUT2D eigenvalue weighted by molar-refractivity contribution is -0.0732. The second-order valence-electron chi connectivity index (χ2n) is 8.00. The number of ether oxygens (including phenoxy) is 2. The first-order valence-electron chi connectivity index (χ1n) is 10.6. The minimum Gasteiger partial charge on any atom is -0.497 e. The summed E-state index contributed by atoms with van der Waals surface area (Å²) in [7, 11) is -2.11. The molecule has 1 saturated heterocycles. The zero-order valence-corrected chi connectivity index (χ0v) is 18.7. The van der Waals surface area contributed by atoms with Crippen LogP contribution in [0.4, 0.5) is 5.69 Å². The van der Waals surface area contributed by atoms with Crippen LogP contribution in [0, 0.1) is 6.92 Å². The molecule has 2 heterocycles. The Balaban J connectivity index is 1.82. The van der Waals surface area contributed by atoms with Crippen molar-refractivity contribution in [2.24, 2.45) is 0 Å². The fourth-order valence-corrected chi connectivity index (χ4v) is 6.02. The number of anilines is 1. The summed E-state index contributed by atoms with van der Waals surface area (Å²) in [5, 5.41) is 0. The summed E-state index contributed by atoms with van der Waals surface area (Å²) < 4.78 is 40.5. The van der Waals surface area contributed by atoms with Crippen LogP contribution in [0.1, 0.15) is 37.0 Å². The number of fused-ring (bicyclic) bond motifs is 3. The molecule has 0 bridgehead atoms. The molecule has 0 spiro atoms. The van der Waals surface area contributed by atoms with E-state index < -0.39 is 10.0 Å². The monoisotopic (exact) mass is 430 g/mol. The average molecular weight is 431 g/mol. The summed E-state index contributed by atoms with van der Waals surface area (Å²) in [6, 6.07) is 12.9. The third kappa shape index (κ3) is 3.82. The van der Waals surface area contributed by atoms with E-state index in [1.54, 1.807) is 23.5 Å². The Bertz CT molecular complexity index is 989. The van der Waals surface area contributed by atoms with Crippen molar-refractivity contribution in [3.05, 3.63) is 53.6 Å². The summed E-state index contributed by atoms with van der Waals surface area (Å²) >= 11 is 0. The van der Waals surface area contributed by atoms with Crippen molar-refractivity contribution in [1.82, 2.24) is 4.90 Å². The molecule has 7 heteroatoms. The maximum absolute atomic E-state index is 13.7. The Hall–Kier alpha value is -2.09. The summed E-state index contributed by atoms with van der Waals surface area (Å²) in [4.78, 5) is 2.75. The van der Waals surface area contributed by atoms with E-state index in [1.807, 2.05) is 37.3 Å². The normalized spacial score (nSPS) is 22.2. The molecule has 0 radical (unpaired) electrons. The number of benzene rings is 2. The number of rotatable bonds is 5. The number of nitrogens with zero attached hydrogens (tertiary/aromatic N) is 2. The molecule has 2 aliphatic heterocycles. The number of hydrogen-bond acceptors (Lipinski definition) is 5. The van der Waals surface area contributed by atoms with Crippen LogP contribution in [0.3, 0.4) is 0 Å². The highest BCUT2D eigenvalue weighted by molar-refractivity contribution is 7.92. The first-order valence-corrected chi connectivity index (χ1v) is 12.0. The van der Waals surface area contributed by atoms with Gasteiger partial charge in [-0.25, -0.2) is 8.42 Å². The maximum Gasteiger partial charge on any atom is 0.264 e. The van der Waals surface area contributed by atoms with Crippen LogP contribution in [-0.4, -0.2) is 52.7 Å². The molecule has 6 nitrogen and oxygen atoms in total. The number of sulfonamides is 1. The quantitative estimate of drug-likeness (QED) is 0.723. The fourth-order valence-electron chi connectivity index (χ4n) is 4.53. The molecule has 0 amide bonds. The Morgan fingerprint density at radius 3 is 2.60 bits per heavy atom. The lowest BCUT2D eigenvalue weighted by Gasteiger charge is -2.40. The second kappa shape index (κ2) is 8.57. The number of aryl methyl sites for hydroxylation is 1. The van der Waals surface area contributed by atoms with Crippen LogP contribution in [0.25, 0.3) is 0 Å². The van der Waals surface area contributed by atoms with Crippen LogP contribution in [0.15, 0.2) is 47.4 Å². The molecule has 0 aromatic heterocycles. The van der Waals surface area contributed by atoms with Crippen molar-refractivity contribution in [3.63, 3.8) is 0 Å². The van der Waals surface area contributed by atoms with Gasteiger partial charge < -0.3 is 9.47 Å². The maximum atomic E-state index is 13.7. The Labute approximate surface area is 179 Å². The molecular formula is C23H30N2O4S. The molecule has 2 aromatic carbocycles. The fraction of sp³-hybridized carbons (Fsp3) is 0.478. The molecule has 4 rings (SSSR count). The number of morpholine rings is 1. The van der Waals surface area contributed by atoms with Crippen LogP contribution in [-0.2, 0) is 14.8 Å². The van der Waals surface area contributed by atoms with Gasteiger partial charge in [0.2, 0.25) is 0 Å². The van der Waals surface area contributed by atoms with Crippen molar-refractivity contribution in [2.45, 2.75) is 43.7 Å². The van der Waals surface area contributed by atoms with Gasteiger partial charge in [-0.3, -0.25) is 9.21 Å². The van der Waals surface area contributed by atoms with Gasteiger partial charge in [0.1, 0.15) is 11.9 Å². The van der Waals surface area contributed by atoms with Gasteiger partial charge in [-0.05, 0) is 44.5 Å². The molecule has 0 saturated carbocycles. The SMILES string of the molecule is CCCN1CCO[C@H]2c3ccc(OC)cc3N(S(=O)(=O)c3ccc(C)cc3)CC[C@@H]21. The van der Waals surface area contributed by atoms with Gasteiger partial charge >= 0.3 is 0 Å². The van der Waals surface area contributed by atoms with E-state index in [2.05, 4.69) is 11.8 Å². The van der Waals surface area contributed by atoms with Crippen LogP contribution < -0.4 is 9.04 Å². The third-order valence-electron chi connectivity index (χ3n) is 6.05. The van der Waals surface area contributed by atoms with E-state index in [4.69, 9.17) is 9.47 Å². The molecular weight excluding hydrogens is 400 g/mol. The van der Waals surface area contributed by atoms with E-state index >= 15 is 0 Å². The van der Waals surface area contributed by atoms with E-state index in [-0.39, 0.29) is 12.1 Å². The Kier molecular flexibility index (Phi) is 6.04. The second-order valence-corrected chi connectivity index (χ2v) is 9.86. The Morgan fingerprint density at radius 1 is 1.13 bits per heavy atom. The predicted octanol–water partition coefficient (Wildman–Crippen LogP) is 3.75. The number of methoxy groups -OCH3 is 1. The highest BCUT2D eigenvalue weighted by atomic mass is 32.2. The van der Waals surface area contributed by atoms with Gasteiger partial charge in [-0.1, -0.05) is 30.7 Å². The molecule has 0 unspecified atom stereocenters. The third-order valence-corrected chi connectivity index (χ3v) is 7.88. The molecule has 162 valence electrons. The average Bonchev–Trinajstić information content (AvgIpc) is 2.92. The molecule has 2 atom stereocenters.